The van der Waals surface area contributed by atoms with E-state index in [4.69, 9.17) is 4.74 Å². The molecule has 1 unspecified atom stereocenters. The molecule has 0 radical (unpaired) electrons. The minimum Gasteiger partial charge on any atom is -0.370 e. The van der Waals surface area contributed by atoms with E-state index >= 15 is 0 Å². The van der Waals surface area contributed by atoms with Crippen molar-refractivity contribution in [3.63, 3.8) is 0 Å². The Labute approximate surface area is 114 Å². The Morgan fingerprint density at radius 2 is 2.05 bits per heavy atom. The molecule has 0 aromatic carbocycles. The number of nitrogens with zero attached hydrogens (tertiary/aromatic N) is 2. The van der Waals surface area contributed by atoms with E-state index < -0.39 is 15.6 Å². The van der Waals surface area contributed by atoms with Gasteiger partial charge in [-0.15, -0.1) is 0 Å². The van der Waals surface area contributed by atoms with Crippen LogP contribution in [0.4, 0.5) is 0 Å². The third-order valence-electron chi connectivity index (χ3n) is 3.20. The van der Waals surface area contributed by atoms with Crippen molar-refractivity contribution in [2.24, 2.45) is 0 Å². The van der Waals surface area contributed by atoms with Crippen molar-refractivity contribution in [2.45, 2.75) is 51.2 Å². The van der Waals surface area contributed by atoms with Gasteiger partial charge in [0.2, 0.25) is 10.0 Å². The fourth-order valence-corrected chi connectivity index (χ4v) is 4.62. The second-order valence-corrected chi connectivity index (χ2v) is 7.62. The number of aryl methyl sites for hydroxylation is 2. The number of hydrogen-bond acceptors (Lipinski definition) is 4. The SMILES string of the molecule is Cc1n[nH]c(C)c1S(=O)(=O)N1CC(C)OC(C)(C)C1. The molecular formula is C12H21N3O3S. The Morgan fingerprint density at radius 3 is 2.53 bits per heavy atom. The average molecular weight is 287 g/mol. The van der Waals surface area contributed by atoms with Crippen LogP contribution in [0.15, 0.2) is 4.90 Å². The summed E-state index contributed by atoms with van der Waals surface area (Å²) in [5.41, 5.74) is 0.611. The molecule has 1 aliphatic rings. The van der Waals surface area contributed by atoms with Gasteiger partial charge in [-0.3, -0.25) is 5.10 Å². The fourth-order valence-electron chi connectivity index (χ4n) is 2.63. The minimum atomic E-state index is -3.52. The normalized spacial score (nSPS) is 24.6. The Balaban J connectivity index is 2.40. The van der Waals surface area contributed by atoms with Gasteiger partial charge in [-0.2, -0.15) is 9.40 Å². The number of H-pyrrole nitrogens is 1. The number of morpholine rings is 1. The Hall–Kier alpha value is -0.920. The maximum atomic E-state index is 12.7. The van der Waals surface area contributed by atoms with Gasteiger partial charge in [-0.25, -0.2) is 8.42 Å². The molecule has 0 amide bonds. The van der Waals surface area contributed by atoms with Crippen LogP contribution in [0.2, 0.25) is 0 Å². The molecule has 7 heteroatoms. The van der Waals surface area contributed by atoms with E-state index in [1.165, 1.54) is 4.31 Å². The lowest BCUT2D eigenvalue weighted by atomic mass is 10.1. The zero-order valence-corrected chi connectivity index (χ0v) is 12.8. The highest BCUT2D eigenvalue weighted by atomic mass is 32.2. The highest BCUT2D eigenvalue weighted by Crippen LogP contribution is 2.28. The van der Waals surface area contributed by atoms with Crippen molar-refractivity contribution in [3.05, 3.63) is 11.4 Å². The molecule has 0 spiro atoms. The smallest absolute Gasteiger partial charge is 0.246 e. The number of ether oxygens (including phenoxy) is 1. The van der Waals surface area contributed by atoms with Crippen LogP contribution in [0.1, 0.15) is 32.2 Å². The molecule has 1 aromatic rings. The van der Waals surface area contributed by atoms with Gasteiger partial charge in [0.1, 0.15) is 4.90 Å². The summed E-state index contributed by atoms with van der Waals surface area (Å²) in [7, 11) is -3.52. The third kappa shape index (κ3) is 2.68. The van der Waals surface area contributed by atoms with Gasteiger partial charge in [-0.1, -0.05) is 0 Å². The monoisotopic (exact) mass is 287 g/mol. The van der Waals surface area contributed by atoms with E-state index in [2.05, 4.69) is 10.2 Å². The summed E-state index contributed by atoms with van der Waals surface area (Å²) in [6, 6.07) is 0. The molecule has 108 valence electrons. The van der Waals surface area contributed by atoms with Crippen molar-refractivity contribution >= 4 is 10.0 Å². The third-order valence-corrected chi connectivity index (χ3v) is 5.27. The molecule has 1 N–H and O–H groups in total. The molecule has 1 aromatic heterocycles. The molecule has 0 bridgehead atoms. The molecule has 1 saturated heterocycles. The van der Waals surface area contributed by atoms with Gasteiger partial charge in [-0.05, 0) is 34.6 Å². The molecule has 0 aliphatic carbocycles. The zero-order chi connectivity index (χ0) is 14.4. The van der Waals surface area contributed by atoms with Crippen LogP contribution < -0.4 is 0 Å². The molecule has 0 saturated carbocycles. The molecule has 1 atom stereocenters. The van der Waals surface area contributed by atoms with Crippen molar-refractivity contribution < 1.29 is 13.2 Å². The van der Waals surface area contributed by atoms with E-state index in [1.807, 2.05) is 20.8 Å². The predicted molar refractivity (Wildman–Crippen MR) is 71.4 cm³/mol. The highest BCUT2D eigenvalue weighted by molar-refractivity contribution is 7.89. The van der Waals surface area contributed by atoms with Crippen LogP contribution in [-0.4, -0.2) is 47.7 Å². The first kappa shape index (κ1) is 14.5. The zero-order valence-electron chi connectivity index (χ0n) is 12.0. The van der Waals surface area contributed by atoms with Crippen LogP contribution in [0, 0.1) is 13.8 Å². The summed E-state index contributed by atoms with van der Waals surface area (Å²) in [5.74, 6) is 0. The minimum absolute atomic E-state index is 0.119. The van der Waals surface area contributed by atoms with Crippen LogP contribution in [0.25, 0.3) is 0 Å². The standard InChI is InChI=1S/C12H21N3O3S/c1-8-6-15(7-12(4,5)18-8)19(16,17)11-9(2)13-14-10(11)3/h8H,6-7H2,1-5H3,(H,13,14). The van der Waals surface area contributed by atoms with E-state index in [-0.39, 0.29) is 11.0 Å². The first-order valence-electron chi connectivity index (χ1n) is 6.33. The maximum absolute atomic E-state index is 12.7. The maximum Gasteiger partial charge on any atom is 0.246 e. The van der Waals surface area contributed by atoms with Crippen LogP contribution >= 0.6 is 0 Å². The van der Waals surface area contributed by atoms with E-state index in [9.17, 15) is 8.42 Å². The number of rotatable bonds is 2. The van der Waals surface area contributed by atoms with Crippen LogP contribution in [-0.2, 0) is 14.8 Å². The van der Waals surface area contributed by atoms with Crippen molar-refractivity contribution in [1.82, 2.24) is 14.5 Å². The molecule has 19 heavy (non-hydrogen) atoms. The van der Waals surface area contributed by atoms with Crippen LogP contribution in [0.3, 0.4) is 0 Å². The quantitative estimate of drug-likeness (QED) is 0.887. The summed E-state index contributed by atoms with van der Waals surface area (Å²) in [4.78, 5) is 0.289. The fraction of sp³-hybridized carbons (Fsp3) is 0.750. The lowest BCUT2D eigenvalue weighted by molar-refractivity contribution is -0.109. The van der Waals surface area contributed by atoms with E-state index in [0.29, 0.717) is 24.5 Å². The number of aromatic amines is 1. The first-order chi connectivity index (χ1) is 8.63. The molecule has 2 heterocycles. The highest BCUT2D eigenvalue weighted by Gasteiger charge is 2.39. The van der Waals surface area contributed by atoms with Crippen molar-refractivity contribution in [2.75, 3.05) is 13.1 Å². The van der Waals surface area contributed by atoms with Gasteiger partial charge in [0.25, 0.3) is 0 Å². The summed E-state index contributed by atoms with van der Waals surface area (Å²) in [6.45, 7) is 9.84. The lowest BCUT2D eigenvalue weighted by Gasteiger charge is -2.40. The van der Waals surface area contributed by atoms with Gasteiger partial charge in [0.15, 0.2) is 0 Å². The Bertz CT molecular complexity index is 558. The number of nitrogens with one attached hydrogen (secondary N) is 1. The van der Waals surface area contributed by atoms with Gasteiger partial charge >= 0.3 is 0 Å². The molecular weight excluding hydrogens is 266 g/mol. The summed E-state index contributed by atoms with van der Waals surface area (Å²) >= 11 is 0. The average Bonchev–Trinajstić information content (AvgIpc) is 2.55. The van der Waals surface area contributed by atoms with Crippen molar-refractivity contribution in [1.29, 1.82) is 0 Å². The Morgan fingerprint density at radius 1 is 1.42 bits per heavy atom. The van der Waals surface area contributed by atoms with Crippen molar-refractivity contribution in [3.8, 4) is 0 Å². The lowest BCUT2D eigenvalue weighted by Crippen LogP contribution is -2.53. The molecule has 2 rings (SSSR count). The topological polar surface area (TPSA) is 75.3 Å². The number of aromatic nitrogens is 2. The first-order valence-corrected chi connectivity index (χ1v) is 7.77. The number of hydrogen-bond donors (Lipinski definition) is 1. The predicted octanol–water partition coefficient (Wildman–Crippen LogP) is 1.21. The van der Waals surface area contributed by atoms with Gasteiger partial charge in [0.05, 0.1) is 23.1 Å². The second kappa shape index (κ2) is 4.57. The molecule has 1 aliphatic heterocycles. The Kier molecular flexibility index (Phi) is 3.49. The summed E-state index contributed by atoms with van der Waals surface area (Å²) < 4.78 is 32.7. The van der Waals surface area contributed by atoms with Gasteiger partial charge in [0, 0.05) is 13.1 Å². The van der Waals surface area contributed by atoms with E-state index in [0.717, 1.165) is 0 Å². The number of sulfonamides is 1. The largest absolute Gasteiger partial charge is 0.370 e. The van der Waals surface area contributed by atoms with Crippen LogP contribution in [0.5, 0.6) is 0 Å². The molecule has 1 fully saturated rings. The van der Waals surface area contributed by atoms with E-state index in [1.54, 1.807) is 13.8 Å². The second-order valence-electron chi connectivity index (χ2n) is 5.75. The van der Waals surface area contributed by atoms with Gasteiger partial charge < -0.3 is 4.74 Å². The molecule has 6 nitrogen and oxygen atoms in total. The summed E-state index contributed by atoms with van der Waals surface area (Å²) in [5, 5.41) is 6.70. The summed E-state index contributed by atoms with van der Waals surface area (Å²) in [6.07, 6.45) is -0.119.